The predicted molar refractivity (Wildman–Crippen MR) is 100 cm³/mol. The summed E-state index contributed by atoms with van der Waals surface area (Å²) in [7, 11) is 0. The molecule has 0 aliphatic rings. The lowest BCUT2D eigenvalue weighted by Crippen LogP contribution is -2.15. The molecule has 25 heavy (non-hydrogen) atoms. The van der Waals surface area contributed by atoms with Crippen molar-refractivity contribution in [1.29, 1.82) is 0 Å². The molecule has 2 aromatic heterocycles. The van der Waals surface area contributed by atoms with Gasteiger partial charge >= 0.3 is 6.09 Å². The molecule has 3 rings (SSSR count). The Morgan fingerprint density at radius 3 is 2.84 bits per heavy atom. The van der Waals surface area contributed by atoms with E-state index in [-0.39, 0.29) is 12.4 Å². The molecule has 0 unspecified atom stereocenters. The maximum Gasteiger partial charge on any atom is 0.412 e. The molecular formula is C17H20ClN5O2. The summed E-state index contributed by atoms with van der Waals surface area (Å²) >= 11 is 0. The van der Waals surface area contributed by atoms with Gasteiger partial charge in [0.25, 0.3) is 0 Å². The van der Waals surface area contributed by atoms with Crippen LogP contribution in [0.3, 0.4) is 0 Å². The van der Waals surface area contributed by atoms with Gasteiger partial charge in [-0.25, -0.2) is 14.8 Å². The van der Waals surface area contributed by atoms with Crippen LogP contribution in [0.2, 0.25) is 0 Å². The molecule has 1 amide bonds. The fourth-order valence-corrected chi connectivity index (χ4v) is 2.39. The number of hydrogen-bond donors (Lipinski definition) is 3. The van der Waals surface area contributed by atoms with Crippen LogP contribution in [0, 0.1) is 0 Å². The molecule has 2 heterocycles. The van der Waals surface area contributed by atoms with Crippen LogP contribution in [0.5, 0.6) is 0 Å². The minimum atomic E-state index is -0.532. The molecule has 0 saturated carbocycles. The number of carbonyl (C=O) groups excluding carboxylic acids is 1. The fraction of sp³-hybridized carbons (Fsp3) is 0.235. The molecule has 0 atom stereocenters. The monoisotopic (exact) mass is 361 g/mol. The van der Waals surface area contributed by atoms with Crippen molar-refractivity contribution in [2.45, 2.75) is 13.3 Å². The Morgan fingerprint density at radius 1 is 1.28 bits per heavy atom. The lowest BCUT2D eigenvalue weighted by molar-refractivity contribution is 0.168. The van der Waals surface area contributed by atoms with Gasteiger partial charge in [-0.1, -0.05) is 30.3 Å². The van der Waals surface area contributed by atoms with Gasteiger partial charge in [0.05, 0.1) is 18.6 Å². The standard InChI is InChI=1S/C17H19N5O2.ClH/c1-2-24-17(23)22-14-10-13(15-16(21-14)20-11-19-15)18-9-8-12-6-4-3-5-7-12;/h3-7,10-11H,2,8-9H2,1H3,(H3,18,19,20,21,22,23);1H. The molecule has 8 heteroatoms. The number of aromatic nitrogens is 3. The lowest BCUT2D eigenvalue weighted by atomic mass is 10.1. The zero-order chi connectivity index (χ0) is 16.8. The van der Waals surface area contributed by atoms with Crippen molar-refractivity contribution in [3.63, 3.8) is 0 Å². The number of rotatable bonds is 6. The molecule has 0 aliphatic heterocycles. The van der Waals surface area contributed by atoms with Crippen molar-refractivity contribution < 1.29 is 9.53 Å². The smallest absolute Gasteiger partial charge is 0.412 e. The van der Waals surface area contributed by atoms with Crippen molar-refractivity contribution in [2.24, 2.45) is 0 Å². The molecule has 3 N–H and O–H groups in total. The summed E-state index contributed by atoms with van der Waals surface area (Å²) in [6.45, 7) is 2.81. The number of imidazole rings is 1. The van der Waals surface area contributed by atoms with Crippen LogP contribution in [-0.4, -0.2) is 34.2 Å². The van der Waals surface area contributed by atoms with Gasteiger partial charge in [0, 0.05) is 12.6 Å². The minimum Gasteiger partial charge on any atom is -0.450 e. The first kappa shape index (κ1) is 18.5. The number of pyridine rings is 1. The van der Waals surface area contributed by atoms with Crippen LogP contribution in [0.1, 0.15) is 12.5 Å². The molecule has 0 aliphatic carbocycles. The topological polar surface area (TPSA) is 91.9 Å². The second kappa shape index (κ2) is 8.89. The Balaban J connectivity index is 0.00000225. The van der Waals surface area contributed by atoms with E-state index in [1.54, 1.807) is 19.3 Å². The van der Waals surface area contributed by atoms with Crippen LogP contribution in [0.25, 0.3) is 11.2 Å². The zero-order valence-corrected chi connectivity index (χ0v) is 14.6. The van der Waals surface area contributed by atoms with E-state index in [1.165, 1.54) is 5.56 Å². The molecular weight excluding hydrogens is 342 g/mol. The van der Waals surface area contributed by atoms with Gasteiger partial charge in [0.15, 0.2) is 5.65 Å². The summed E-state index contributed by atoms with van der Waals surface area (Å²) in [5.41, 5.74) is 3.42. The summed E-state index contributed by atoms with van der Waals surface area (Å²) in [4.78, 5) is 23.1. The number of fused-ring (bicyclic) bond motifs is 1. The average molecular weight is 362 g/mol. The SMILES string of the molecule is CCOC(=O)Nc1cc(NCCc2ccccc2)c2[nH]cnc2n1.Cl. The Bertz CT molecular complexity index is 822. The van der Waals surface area contributed by atoms with Crippen LogP contribution in [0.15, 0.2) is 42.7 Å². The molecule has 1 aromatic carbocycles. The van der Waals surface area contributed by atoms with Gasteiger partial charge in [-0.15, -0.1) is 12.4 Å². The normalized spacial score (nSPS) is 10.1. The third kappa shape index (κ3) is 4.84. The highest BCUT2D eigenvalue weighted by Crippen LogP contribution is 2.22. The number of nitrogens with zero attached hydrogens (tertiary/aromatic N) is 2. The van der Waals surface area contributed by atoms with Gasteiger partial charge < -0.3 is 15.0 Å². The van der Waals surface area contributed by atoms with E-state index in [0.29, 0.717) is 18.1 Å². The van der Waals surface area contributed by atoms with Gasteiger partial charge in [0.2, 0.25) is 0 Å². The molecule has 3 aromatic rings. The van der Waals surface area contributed by atoms with Gasteiger partial charge in [-0.3, -0.25) is 5.32 Å². The second-order valence-electron chi connectivity index (χ2n) is 5.16. The van der Waals surface area contributed by atoms with Crippen molar-refractivity contribution >= 4 is 41.2 Å². The van der Waals surface area contributed by atoms with Crippen LogP contribution in [0.4, 0.5) is 16.3 Å². The molecule has 7 nitrogen and oxygen atoms in total. The number of hydrogen-bond acceptors (Lipinski definition) is 5. The van der Waals surface area contributed by atoms with Crippen LogP contribution >= 0.6 is 12.4 Å². The van der Waals surface area contributed by atoms with Crippen molar-refractivity contribution in [1.82, 2.24) is 15.0 Å². The molecule has 0 spiro atoms. The van der Waals surface area contributed by atoms with E-state index in [0.717, 1.165) is 24.2 Å². The van der Waals surface area contributed by atoms with E-state index >= 15 is 0 Å². The van der Waals surface area contributed by atoms with Crippen molar-refractivity contribution in [2.75, 3.05) is 23.8 Å². The third-order valence-electron chi connectivity index (χ3n) is 3.47. The number of nitrogens with one attached hydrogen (secondary N) is 3. The Kier molecular flexibility index (Phi) is 6.59. The average Bonchev–Trinajstić information content (AvgIpc) is 3.04. The van der Waals surface area contributed by atoms with Crippen molar-refractivity contribution in [3.8, 4) is 0 Å². The highest BCUT2D eigenvalue weighted by molar-refractivity contribution is 5.91. The fourth-order valence-electron chi connectivity index (χ4n) is 2.39. The van der Waals surface area contributed by atoms with E-state index < -0.39 is 6.09 Å². The first-order chi connectivity index (χ1) is 11.8. The largest absolute Gasteiger partial charge is 0.450 e. The number of ether oxygens (including phenoxy) is 1. The van der Waals surface area contributed by atoms with Crippen LogP contribution < -0.4 is 10.6 Å². The first-order valence-electron chi connectivity index (χ1n) is 7.82. The molecule has 0 fully saturated rings. The highest BCUT2D eigenvalue weighted by Gasteiger charge is 2.10. The molecule has 132 valence electrons. The predicted octanol–water partition coefficient (Wildman–Crippen LogP) is 3.60. The number of anilines is 2. The van der Waals surface area contributed by atoms with Gasteiger partial charge in [-0.05, 0) is 18.9 Å². The first-order valence-corrected chi connectivity index (χ1v) is 7.82. The third-order valence-corrected chi connectivity index (χ3v) is 3.47. The highest BCUT2D eigenvalue weighted by atomic mass is 35.5. The number of amides is 1. The van der Waals surface area contributed by atoms with E-state index in [2.05, 4.69) is 37.7 Å². The summed E-state index contributed by atoms with van der Waals surface area (Å²) in [6.07, 6.45) is 1.93. The van der Waals surface area contributed by atoms with Gasteiger partial charge in [-0.2, -0.15) is 0 Å². The summed E-state index contributed by atoms with van der Waals surface area (Å²) in [5, 5.41) is 5.97. The minimum absolute atomic E-state index is 0. The van der Waals surface area contributed by atoms with Crippen molar-refractivity contribution in [3.05, 3.63) is 48.3 Å². The maximum absolute atomic E-state index is 11.6. The molecule has 0 radical (unpaired) electrons. The summed E-state index contributed by atoms with van der Waals surface area (Å²) in [5.74, 6) is 0.398. The number of aromatic amines is 1. The number of halogens is 1. The lowest BCUT2D eigenvalue weighted by Gasteiger charge is -2.10. The van der Waals surface area contributed by atoms with E-state index in [1.807, 2.05) is 18.2 Å². The van der Waals surface area contributed by atoms with Gasteiger partial charge in [0.1, 0.15) is 11.3 Å². The maximum atomic E-state index is 11.6. The summed E-state index contributed by atoms with van der Waals surface area (Å²) in [6, 6.07) is 12.0. The Hall–Kier alpha value is -2.80. The Morgan fingerprint density at radius 2 is 2.08 bits per heavy atom. The number of H-pyrrole nitrogens is 1. The Labute approximate surface area is 151 Å². The number of carbonyl (C=O) groups is 1. The number of benzene rings is 1. The zero-order valence-electron chi connectivity index (χ0n) is 13.8. The van der Waals surface area contributed by atoms with E-state index in [4.69, 9.17) is 4.74 Å². The second-order valence-corrected chi connectivity index (χ2v) is 5.16. The summed E-state index contributed by atoms with van der Waals surface area (Å²) < 4.78 is 4.88. The quantitative estimate of drug-likeness (QED) is 0.623. The van der Waals surface area contributed by atoms with E-state index in [9.17, 15) is 4.79 Å². The molecule has 0 bridgehead atoms. The molecule has 0 saturated heterocycles. The van der Waals surface area contributed by atoms with Crippen LogP contribution in [-0.2, 0) is 11.2 Å².